The lowest BCUT2D eigenvalue weighted by atomic mass is 10.0. The van der Waals surface area contributed by atoms with Crippen molar-refractivity contribution in [3.8, 4) is 16.9 Å². The number of halogens is 4. The van der Waals surface area contributed by atoms with Gasteiger partial charge in [0, 0.05) is 17.7 Å². The van der Waals surface area contributed by atoms with Crippen LogP contribution in [-0.2, 0) is 21.0 Å². The third kappa shape index (κ3) is 5.93. The summed E-state index contributed by atoms with van der Waals surface area (Å²) in [6, 6.07) is 9.55. The molecule has 0 amide bonds. The van der Waals surface area contributed by atoms with Gasteiger partial charge in [0.25, 0.3) is 10.0 Å². The number of hydrogen-bond acceptors (Lipinski definition) is 5. The molecule has 2 aromatic carbocycles. The number of pyridine rings is 1. The second-order valence-electron chi connectivity index (χ2n) is 7.67. The predicted molar refractivity (Wildman–Crippen MR) is 124 cm³/mol. The topological polar surface area (TPSA) is 96.8 Å². The molecule has 1 aromatic heterocycles. The summed E-state index contributed by atoms with van der Waals surface area (Å²) in [6.45, 7) is 3.23. The highest BCUT2D eigenvalue weighted by atomic mass is 32.2. The maximum Gasteiger partial charge on any atom is 0.416 e. The van der Waals surface area contributed by atoms with Crippen molar-refractivity contribution in [2.45, 2.75) is 31.3 Å². The van der Waals surface area contributed by atoms with Gasteiger partial charge in [0.05, 0.1) is 28.9 Å². The van der Waals surface area contributed by atoms with Gasteiger partial charge in [-0.1, -0.05) is 19.1 Å². The van der Waals surface area contributed by atoms with E-state index in [4.69, 9.17) is 9.84 Å². The monoisotopic (exact) mass is 526 g/mol. The van der Waals surface area contributed by atoms with Gasteiger partial charge in [-0.3, -0.25) is 14.1 Å². The van der Waals surface area contributed by atoms with Crippen LogP contribution in [0, 0.1) is 12.7 Å². The molecular formula is C24H22F4N2O5S. The van der Waals surface area contributed by atoms with E-state index < -0.39 is 38.4 Å². The Bertz CT molecular complexity index is 1380. The van der Waals surface area contributed by atoms with Crippen LogP contribution < -0.4 is 9.04 Å². The van der Waals surface area contributed by atoms with Crippen LogP contribution in [0.25, 0.3) is 11.1 Å². The summed E-state index contributed by atoms with van der Waals surface area (Å²) in [6.07, 6.45) is -3.38. The Labute approximate surface area is 205 Å². The fourth-order valence-corrected chi connectivity index (χ4v) is 4.87. The molecule has 0 aliphatic carbocycles. The molecule has 36 heavy (non-hydrogen) atoms. The summed E-state index contributed by atoms with van der Waals surface area (Å²) in [5, 5.41) is 7.72. The molecule has 4 rings (SSSR count). The number of sulfonamides is 1. The van der Waals surface area contributed by atoms with Crippen molar-refractivity contribution in [2.75, 3.05) is 17.5 Å². The van der Waals surface area contributed by atoms with Gasteiger partial charge >= 0.3 is 12.1 Å². The fourth-order valence-electron chi connectivity index (χ4n) is 3.37. The molecule has 12 heteroatoms. The zero-order chi connectivity index (χ0) is 26.7. The Balaban J connectivity index is 0.000000658. The van der Waals surface area contributed by atoms with Crippen LogP contribution in [-0.4, -0.2) is 37.6 Å². The number of carbonyl (C=O) groups is 1. The van der Waals surface area contributed by atoms with Gasteiger partial charge in [-0.2, -0.15) is 13.2 Å². The molecule has 0 atom stereocenters. The number of aliphatic carboxylic acids is 1. The molecular weight excluding hydrogens is 504 g/mol. The van der Waals surface area contributed by atoms with Crippen LogP contribution in [0.15, 0.2) is 59.6 Å². The number of rotatable bonds is 4. The number of aromatic nitrogens is 1. The van der Waals surface area contributed by atoms with Crippen LogP contribution in [0.1, 0.15) is 24.6 Å². The molecule has 0 spiro atoms. The SMILES string of the molecule is CCC(=O)O.Cc1ncc(F)cc1-c1ccc2c(c1)N(S(=O)(=O)c1cccc(C(F)(F)F)c1)CCO2. The second kappa shape index (κ2) is 10.5. The van der Waals surface area contributed by atoms with Crippen molar-refractivity contribution in [3.63, 3.8) is 0 Å². The van der Waals surface area contributed by atoms with E-state index in [9.17, 15) is 30.8 Å². The molecule has 1 aliphatic rings. The first-order valence-corrected chi connectivity index (χ1v) is 12.1. The maximum absolute atomic E-state index is 13.7. The van der Waals surface area contributed by atoms with Crippen molar-refractivity contribution in [1.29, 1.82) is 0 Å². The number of fused-ring (bicyclic) bond motifs is 1. The average Bonchev–Trinajstić information content (AvgIpc) is 2.84. The third-order valence-electron chi connectivity index (χ3n) is 5.20. The Morgan fingerprint density at radius 3 is 2.50 bits per heavy atom. The van der Waals surface area contributed by atoms with Gasteiger partial charge in [0.2, 0.25) is 0 Å². The first kappa shape index (κ1) is 26.9. The molecule has 0 bridgehead atoms. The number of alkyl halides is 3. The first-order chi connectivity index (χ1) is 16.8. The lowest BCUT2D eigenvalue weighted by Gasteiger charge is -2.31. The van der Waals surface area contributed by atoms with Crippen LogP contribution in [0.5, 0.6) is 5.75 Å². The molecule has 1 aliphatic heterocycles. The van der Waals surface area contributed by atoms with E-state index in [-0.39, 0.29) is 31.0 Å². The summed E-state index contributed by atoms with van der Waals surface area (Å²) >= 11 is 0. The molecule has 0 unspecified atom stereocenters. The maximum atomic E-state index is 13.7. The fraction of sp³-hybridized carbons (Fsp3) is 0.250. The summed E-state index contributed by atoms with van der Waals surface area (Å²) in [5.74, 6) is -1.04. The van der Waals surface area contributed by atoms with E-state index in [2.05, 4.69) is 4.98 Å². The number of aryl methyl sites for hydroxylation is 1. The zero-order valence-electron chi connectivity index (χ0n) is 19.2. The van der Waals surface area contributed by atoms with Gasteiger partial charge in [-0.05, 0) is 48.9 Å². The molecule has 0 fully saturated rings. The number of anilines is 1. The van der Waals surface area contributed by atoms with Crippen LogP contribution in [0.3, 0.4) is 0 Å². The number of ether oxygens (including phenoxy) is 1. The summed E-state index contributed by atoms with van der Waals surface area (Å²) in [4.78, 5) is 12.9. The van der Waals surface area contributed by atoms with Crippen molar-refractivity contribution >= 4 is 21.7 Å². The predicted octanol–water partition coefficient (Wildman–Crippen LogP) is 5.28. The molecule has 2 heterocycles. The van der Waals surface area contributed by atoms with Gasteiger partial charge in [0.15, 0.2) is 0 Å². The number of carboxylic acid groups (broad SMARTS) is 1. The Kier molecular flexibility index (Phi) is 7.87. The van der Waals surface area contributed by atoms with Crippen LogP contribution in [0.4, 0.5) is 23.2 Å². The summed E-state index contributed by atoms with van der Waals surface area (Å²) in [7, 11) is -4.31. The minimum atomic E-state index is -4.68. The van der Waals surface area contributed by atoms with E-state index >= 15 is 0 Å². The van der Waals surface area contributed by atoms with Gasteiger partial charge in [-0.15, -0.1) is 0 Å². The number of hydrogen-bond donors (Lipinski definition) is 1. The van der Waals surface area contributed by atoms with Crippen LogP contribution >= 0.6 is 0 Å². The van der Waals surface area contributed by atoms with E-state index in [1.807, 2.05) is 0 Å². The second-order valence-corrected chi connectivity index (χ2v) is 9.53. The van der Waals surface area contributed by atoms with Gasteiger partial charge < -0.3 is 9.84 Å². The van der Waals surface area contributed by atoms with Crippen molar-refractivity contribution < 1.29 is 40.6 Å². The Hall–Kier alpha value is -3.67. The molecule has 0 radical (unpaired) electrons. The number of nitrogens with zero attached hydrogens (tertiary/aromatic N) is 2. The highest BCUT2D eigenvalue weighted by Gasteiger charge is 2.35. The normalized spacial score (nSPS) is 13.2. The molecule has 7 nitrogen and oxygen atoms in total. The largest absolute Gasteiger partial charge is 0.489 e. The summed E-state index contributed by atoms with van der Waals surface area (Å²) < 4.78 is 86.0. The molecule has 0 saturated carbocycles. The first-order valence-electron chi connectivity index (χ1n) is 10.7. The molecule has 0 saturated heterocycles. The van der Waals surface area contributed by atoms with Crippen molar-refractivity contribution in [2.24, 2.45) is 0 Å². The Morgan fingerprint density at radius 1 is 1.17 bits per heavy atom. The van der Waals surface area contributed by atoms with E-state index in [0.29, 0.717) is 22.9 Å². The lowest BCUT2D eigenvalue weighted by Crippen LogP contribution is -2.38. The van der Waals surface area contributed by atoms with Gasteiger partial charge in [-0.25, -0.2) is 12.8 Å². The van der Waals surface area contributed by atoms with E-state index in [1.165, 1.54) is 12.1 Å². The molecule has 1 N–H and O–H groups in total. The average molecular weight is 527 g/mol. The zero-order valence-corrected chi connectivity index (χ0v) is 20.0. The standard InChI is InChI=1S/C21H16F4N2O3S.C3H6O2/c1-13-18(11-16(22)12-26-13)14-5-6-20-19(9-14)27(7-8-30-20)31(28,29)17-4-2-3-15(10-17)21(23,24)25;1-2-3(4)5/h2-6,9-12H,7-8H2,1H3;2H2,1H3,(H,4,5). The number of carboxylic acids is 1. The van der Waals surface area contributed by atoms with Crippen molar-refractivity contribution in [3.05, 3.63) is 71.8 Å². The highest BCUT2D eigenvalue weighted by molar-refractivity contribution is 7.92. The minimum Gasteiger partial charge on any atom is -0.489 e. The Morgan fingerprint density at radius 2 is 1.86 bits per heavy atom. The van der Waals surface area contributed by atoms with Crippen LogP contribution in [0.2, 0.25) is 0 Å². The number of benzene rings is 2. The van der Waals surface area contributed by atoms with Crippen molar-refractivity contribution in [1.82, 2.24) is 4.98 Å². The van der Waals surface area contributed by atoms with E-state index in [1.54, 1.807) is 26.0 Å². The smallest absolute Gasteiger partial charge is 0.416 e. The third-order valence-corrected chi connectivity index (χ3v) is 7.01. The molecule has 3 aromatic rings. The highest BCUT2D eigenvalue weighted by Crippen LogP contribution is 2.39. The molecule has 192 valence electrons. The summed E-state index contributed by atoms with van der Waals surface area (Å²) in [5.41, 5.74) is 0.593. The van der Waals surface area contributed by atoms with E-state index in [0.717, 1.165) is 28.7 Å². The quantitative estimate of drug-likeness (QED) is 0.465. The lowest BCUT2D eigenvalue weighted by molar-refractivity contribution is -0.138. The minimum absolute atomic E-state index is 0.0328. The van der Waals surface area contributed by atoms with Gasteiger partial charge in [0.1, 0.15) is 18.2 Å².